The fourth-order valence-corrected chi connectivity index (χ4v) is 3.05. The first-order valence-electron chi connectivity index (χ1n) is 4.60. The van der Waals surface area contributed by atoms with E-state index in [0.29, 0.717) is 0 Å². The van der Waals surface area contributed by atoms with E-state index in [-0.39, 0.29) is 28.4 Å². The molecule has 0 radical (unpaired) electrons. The summed E-state index contributed by atoms with van der Waals surface area (Å²) in [4.78, 5) is 0. The molecule has 0 bridgehead atoms. The Hall–Kier alpha value is -0.226. The van der Waals surface area contributed by atoms with E-state index in [2.05, 4.69) is 43.8 Å². The molecule has 1 aliphatic carbocycles. The molecule has 0 N–H and O–H groups in total. The summed E-state index contributed by atoms with van der Waals surface area (Å²) in [6.07, 6.45) is 4.65. The van der Waals surface area contributed by atoms with Crippen LogP contribution in [0.25, 0.3) is 6.08 Å². The fraction of sp³-hybridized carbons (Fsp3) is 0.273. The molecule has 1 unspecified atom stereocenters. The van der Waals surface area contributed by atoms with Crippen LogP contribution >= 0.6 is 0 Å². The standard InChI is InChI=1S/C11H14Si.Li.H/c1-8-3-4-9-5-6-11(12-2)10(9)7-8;;/h3-7,11H,12H2,1-2H3;;. The number of rotatable bonds is 1. The summed E-state index contributed by atoms with van der Waals surface area (Å²) in [6, 6.07) is 6.78. The molecular weight excluding hydrogens is 167 g/mol. The van der Waals surface area contributed by atoms with Crippen LogP contribution in [-0.4, -0.2) is 28.4 Å². The summed E-state index contributed by atoms with van der Waals surface area (Å²) in [5.74, 6) is 0. The third-order valence-electron chi connectivity index (χ3n) is 2.59. The van der Waals surface area contributed by atoms with Gasteiger partial charge in [0.2, 0.25) is 0 Å². The van der Waals surface area contributed by atoms with E-state index < -0.39 is 0 Å². The van der Waals surface area contributed by atoms with Crippen LogP contribution < -0.4 is 0 Å². The third kappa shape index (κ3) is 1.99. The van der Waals surface area contributed by atoms with Gasteiger partial charge >= 0.3 is 18.9 Å². The van der Waals surface area contributed by atoms with E-state index in [1.807, 2.05) is 0 Å². The van der Waals surface area contributed by atoms with Gasteiger partial charge in [0.15, 0.2) is 0 Å². The van der Waals surface area contributed by atoms with Crippen LogP contribution in [0.5, 0.6) is 0 Å². The second-order valence-corrected chi connectivity index (χ2v) is 5.20. The number of benzene rings is 1. The van der Waals surface area contributed by atoms with Gasteiger partial charge in [0.1, 0.15) is 0 Å². The Kier molecular flexibility index (Phi) is 3.61. The van der Waals surface area contributed by atoms with Gasteiger partial charge in [-0.3, -0.25) is 0 Å². The van der Waals surface area contributed by atoms with Crippen LogP contribution in [0.3, 0.4) is 0 Å². The maximum atomic E-state index is 2.38. The second-order valence-electron chi connectivity index (χ2n) is 3.51. The summed E-state index contributed by atoms with van der Waals surface area (Å²) in [5.41, 5.74) is 5.22. The van der Waals surface area contributed by atoms with Gasteiger partial charge in [-0.25, -0.2) is 0 Å². The molecule has 0 heterocycles. The Bertz CT molecular complexity index is 331. The first-order valence-corrected chi connectivity index (χ1v) is 6.83. The molecule has 64 valence electrons. The van der Waals surface area contributed by atoms with E-state index >= 15 is 0 Å². The molecular formula is C11H15LiSi. The van der Waals surface area contributed by atoms with E-state index in [0.717, 1.165) is 5.54 Å². The Labute approximate surface area is 94.4 Å². The minimum atomic E-state index is 0. The number of aryl methyl sites for hydroxylation is 1. The Balaban J connectivity index is 0.000000845. The molecule has 0 aromatic heterocycles. The molecule has 1 aliphatic rings. The molecule has 0 nitrogen and oxygen atoms in total. The van der Waals surface area contributed by atoms with Crippen LogP contribution in [-0.2, 0) is 0 Å². The molecule has 0 spiro atoms. The van der Waals surface area contributed by atoms with Gasteiger partial charge in [0.05, 0.1) is 0 Å². The van der Waals surface area contributed by atoms with E-state index in [1.165, 1.54) is 11.1 Å². The number of hydrogen-bond acceptors (Lipinski definition) is 0. The van der Waals surface area contributed by atoms with E-state index in [4.69, 9.17) is 0 Å². The SMILES string of the molecule is C[SiH2]C1C=Cc2ccc(C)cc21.[LiH]. The van der Waals surface area contributed by atoms with Gasteiger partial charge < -0.3 is 0 Å². The van der Waals surface area contributed by atoms with Gasteiger partial charge in [0.25, 0.3) is 0 Å². The normalized spacial score (nSPS) is 19.1. The van der Waals surface area contributed by atoms with Gasteiger partial charge in [-0.15, -0.1) is 0 Å². The van der Waals surface area contributed by atoms with Crippen molar-refractivity contribution in [2.75, 3.05) is 0 Å². The number of fused-ring (bicyclic) bond motifs is 1. The molecule has 0 saturated heterocycles. The molecule has 1 aromatic rings. The zero-order chi connectivity index (χ0) is 8.55. The van der Waals surface area contributed by atoms with Crippen molar-refractivity contribution in [1.29, 1.82) is 0 Å². The zero-order valence-electron chi connectivity index (χ0n) is 7.67. The Morgan fingerprint density at radius 2 is 2.08 bits per heavy atom. The first-order chi connectivity index (χ1) is 5.81. The molecule has 1 aromatic carbocycles. The molecule has 0 saturated carbocycles. The Morgan fingerprint density at radius 1 is 1.31 bits per heavy atom. The predicted molar refractivity (Wildman–Crippen MR) is 64.5 cm³/mol. The van der Waals surface area contributed by atoms with Crippen LogP contribution in [0.2, 0.25) is 6.55 Å². The van der Waals surface area contributed by atoms with Crippen LogP contribution in [0.1, 0.15) is 22.2 Å². The Morgan fingerprint density at radius 3 is 2.77 bits per heavy atom. The van der Waals surface area contributed by atoms with Crippen LogP contribution in [0.15, 0.2) is 24.3 Å². The average molecular weight is 182 g/mol. The summed E-state index contributed by atoms with van der Waals surface area (Å²) in [5, 5.41) is 0. The van der Waals surface area contributed by atoms with Crippen molar-refractivity contribution in [2.24, 2.45) is 0 Å². The molecule has 0 amide bonds. The number of hydrogen-bond donors (Lipinski definition) is 0. The molecule has 0 aliphatic heterocycles. The molecule has 2 heteroatoms. The fourth-order valence-electron chi connectivity index (χ4n) is 1.85. The van der Waals surface area contributed by atoms with Gasteiger partial charge in [-0.1, -0.05) is 42.5 Å². The predicted octanol–water partition coefficient (Wildman–Crippen LogP) is 1.63. The van der Waals surface area contributed by atoms with Crippen LogP contribution in [0, 0.1) is 6.92 Å². The van der Waals surface area contributed by atoms with Crippen molar-refractivity contribution in [3.8, 4) is 0 Å². The van der Waals surface area contributed by atoms with Crippen molar-refractivity contribution < 1.29 is 0 Å². The topological polar surface area (TPSA) is 0 Å². The molecule has 0 fully saturated rings. The van der Waals surface area contributed by atoms with Gasteiger partial charge in [0, 0.05) is 9.52 Å². The van der Waals surface area contributed by atoms with Crippen molar-refractivity contribution in [2.45, 2.75) is 19.0 Å². The molecule has 13 heavy (non-hydrogen) atoms. The summed E-state index contributed by atoms with van der Waals surface area (Å²) < 4.78 is 0. The average Bonchev–Trinajstić information content (AvgIpc) is 2.46. The monoisotopic (exact) mass is 182 g/mol. The van der Waals surface area contributed by atoms with Crippen molar-refractivity contribution in [1.82, 2.24) is 0 Å². The quantitative estimate of drug-likeness (QED) is 0.579. The first kappa shape index (κ1) is 10.9. The zero-order valence-corrected chi connectivity index (χ0v) is 9.09. The van der Waals surface area contributed by atoms with E-state index in [9.17, 15) is 0 Å². The van der Waals surface area contributed by atoms with Crippen LogP contribution in [0.4, 0.5) is 0 Å². The van der Waals surface area contributed by atoms with Gasteiger partial charge in [-0.2, -0.15) is 0 Å². The summed E-state index contributed by atoms with van der Waals surface area (Å²) in [7, 11) is 0.0790. The van der Waals surface area contributed by atoms with Crippen molar-refractivity contribution in [3.05, 3.63) is 41.0 Å². The molecule has 1 atom stereocenters. The van der Waals surface area contributed by atoms with Crippen molar-refractivity contribution >= 4 is 34.5 Å². The molecule has 2 rings (SSSR count). The second kappa shape index (κ2) is 4.33. The summed E-state index contributed by atoms with van der Waals surface area (Å²) >= 11 is 0. The third-order valence-corrected chi connectivity index (χ3v) is 4.18. The van der Waals surface area contributed by atoms with Gasteiger partial charge in [-0.05, 0) is 23.6 Å². The van der Waals surface area contributed by atoms with Crippen molar-refractivity contribution in [3.63, 3.8) is 0 Å². The maximum absolute atomic E-state index is 2.38. The summed E-state index contributed by atoms with van der Waals surface area (Å²) in [6.45, 7) is 4.55. The van der Waals surface area contributed by atoms with E-state index in [1.54, 1.807) is 5.56 Å². The number of allylic oxidation sites excluding steroid dienone is 1. The minimum absolute atomic E-state index is 0.